The fourth-order valence-corrected chi connectivity index (χ4v) is 8.70. The summed E-state index contributed by atoms with van der Waals surface area (Å²) < 4.78 is 28.7. The number of methoxy groups -OCH3 is 1. The molecule has 1 radical (unpaired) electrons. The second kappa shape index (κ2) is 28.1. The number of ketones is 1. The van der Waals surface area contributed by atoms with Crippen molar-refractivity contribution in [1.82, 2.24) is 30.1 Å². The zero-order valence-electron chi connectivity index (χ0n) is 42.4. The Morgan fingerprint density at radius 2 is 1.75 bits per heavy atom. The number of pyridine rings is 1. The standard InChI is InChI=1S/C48H67FN6O3.C5H7BNO.CH5N/c1-12-54(10)46(32(4)5)33(6)53-42(44(56)19-15-16-23-52-50)27-35-24-36(30-49)26-38(25-35)37-20-21-43-40(28-37)41(29-48(8,9)31-58-14-3)47(55(43)13-2)39-18-17-22-51-45(39)34(7)57-11;1-2-5(8)7-3-6-4-7;1-2/h12,14,17-18,20-22,24-26,28,32,34,42,46,52-53H,1,3,6,13,15-16,19,23,27,29-31,50H2,2,4-5,7-11H3;2H,1,3-4H2;2H2,1H3. The number of alkyl halides is 1. The molecule has 3 heterocycles. The van der Waals surface area contributed by atoms with Crippen molar-refractivity contribution in [3.05, 3.63) is 128 Å². The molecule has 1 saturated heterocycles. The van der Waals surface area contributed by atoms with Gasteiger partial charge in [0.1, 0.15) is 6.67 Å². The molecule has 0 saturated carbocycles. The molecule has 1 fully saturated rings. The van der Waals surface area contributed by atoms with Gasteiger partial charge in [0.05, 0.1) is 42.4 Å². The first kappa shape index (κ1) is 56.8. The van der Waals surface area contributed by atoms with E-state index in [-0.39, 0.29) is 35.2 Å². The van der Waals surface area contributed by atoms with Gasteiger partial charge in [-0.25, -0.2) is 4.39 Å². The second-order valence-corrected chi connectivity index (χ2v) is 18.2. The lowest BCUT2D eigenvalue weighted by Crippen LogP contribution is -2.47. The number of benzene rings is 2. The lowest BCUT2D eigenvalue weighted by Gasteiger charge is -2.34. The van der Waals surface area contributed by atoms with Crippen LogP contribution >= 0.6 is 0 Å². The average Bonchev–Trinajstić information content (AvgIpc) is 3.62. The van der Waals surface area contributed by atoms with Gasteiger partial charge >= 0.3 is 0 Å². The van der Waals surface area contributed by atoms with E-state index in [0.717, 1.165) is 76.1 Å². The molecule has 369 valence electrons. The number of aromatic nitrogens is 2. The van der Waals surface area contributed by atoms with Crippen molar-refractivity contribution >= 4 is 29.9 Å². The number of carbonyl (C=O) groups excluding carboxylic acids is 2. The highest BCUT2D eigenvalue weighted by Gasteiger charge is 2.29. The molecule has 6 N–H and O–H groups in total. The van der Waals surface area contributed by atoms with E-state index in [0.29, 0.717) is 44.4 Å². The van der Waals surface area contributed by atoms with E-state index in [1.165, 1.54) is 24.9 Å². The fraction of sp³-hybridized carbons (Fsp3) is 0.463. The second-order valence-electron chi connectivity index (χ2n) is 18.2. The van der Waals surface area contributed by atoms with E-state index >= 15 is 0 Å². The van der Waals surface area contributed by atoms with Crippen LogP contribution in [0.3, 0.4) is 0 Å². The minimum atomic E-state index is -0.631. The van der Waals surface area contributed by atoms with Crippen LogP contribution in [-0.2, 0) is 45.1 Å². The molecule has 68 heavy (non-hydrogen) atoms. The first-order valence-corrected chi connectivity index (χ1v) is 23.7. The van der Waals surface area contributed by atoms with Gasteiger partial charge in [-0.3, -0.25) is 25.8 Å². The van der Waals surface area contributed by atoms with Crippen LogP contribution in [0.1, 0.15) is 89.3 Å². The summed E-state index contributed by atoms with van der Waals surface area (Å²) in [6.07, 6.45) is 10.8. The molecule has 14 heteroatoms. The Kier molecular flexibility index (Phi) is 23.4. The third-order valence-electron chi connectivity index (χ3n) is 12.2. The van der Waals surface area contributed by atoms with Gasteiger partial charge in [0.2, 0.25) is 5.91 Å². The first-order valence-electron chi connectivity index (χ1n) is 23.7. The number of carbonyl (C=O) groups is 2. The minimum absolute atomic E-state index is 0.0347. The number of amides is 1. The quantitative estimate of drug-likeness (QED) is 0.0120. The number of hydrogen-bond donors (Lipinski definition) is 4. The van der Waals surface area contributed by atoms with Crippen molar-refractivity contribution in [2.75, 3.05) is 47.2 Å². The van der Waals surface area contributed by atoms with Crippen LogP contribution in [0.5, 0.6) is 0 Å². The number of hydrogen-bond acceptors (Lipinski definition) is 10. The van der Waals surface area contributed by atoms with E-state index in [9.17, 15) is 14.0 Å². The molecule has 0 bridgehead atoms. The summed E-state index contributed by atoms with van der Waals surface area (Å²) >= 11 is 0. The van der Waals surface area contributed by atoms with E-state index in [2.05, 4.69) is 112 Å². The molecular weight excluding hydrogens is 854 g/mol. The Morgan fingerprint density at radius 1 is 1.04 bits per heavy atom. The fourth-order valence-electron chi connectivity index (χ4n) is 8.70. The number of aryl methyl sites for hydroxylation is 1. The number of nitrogens with zero attached hydrogens (tertiary/aromatic N) is 4. The molecule has 1 aliphatic rings. The highest BCUT2D eigenvalue weighted by Crippen LogP contribution is 2.42. The first-order chi connectivity index (χ1) is 32.6. The van der Waals surface area contributed by atoms with Crippen molar-refractivity contribution in [2.24, 2.45) is 22.9 Å². The SMILES string of the molecule is C=CC(=O)N1C[B]C1.C=COCC(C)(C)Cc1c(-c2cccnc2C(C)OC)n(CC)c2ccc(-c3cc(CF)cc(CC(NC(=C)C(C(C)C)N(C)C=C)C(=O)CCCCNN)c3)cc12.CN. The molecular formula is C54H79BFN8O4. The largest absolute Gasteiger partial charge is 0.501 e. The van der Waals surface area contributed by atoms with Gasteiger partial charge in [-0.1, -0.05) is 72.2 Å². The summed E-state index contributed by atoms with van der Waals surface area (Å²) in [5, 5.41) is 4.62. The summed E-state index contributed by atoms with van der Waals surface area (Å²) in [5.74, 6) is 5.82. The molecule has 1 aliphatic heterocycles. The van der Waals surface area contributed by atoms with E-state index in [4.69, 9.17) is 20.3 Å². The monoisotopic (exact) mass is 934 g/mol. The molecule has 2 aromatic carbocycles. The maximum absolute atomic E-state index is 14.7. The number of halogens is 1. The normalized spacial score (nSPS) is 13.3. The number of likely N-dealkylation sites (N-methyl/N-ethyl adjacent to an activating group) is 1. The summed E-state index contributed by atoms with van der Waals surface area (Å²) in [7, 11) is 7.21. The Balaban J connectivity index is 0.00000109. The highest BCUT2D eigenvalue weighted by molar-refractivity contribution is 6.40. The summed E-state index contributed by atoms with van der Waals surface area (Å²) in [6.45, 7) is 29.5. The molecule has 1 amide bonds. The predicted molar refractivity (Wildman–Crippen MR) is 280 cm³/mol. The predicted octanol–water partition coefficient (Wildman–Crippen LogP) is 8.82. The number of fused-ring (bicyclic) bond motifs is 1. The lowest BCUT2D eigenvalue weighted by molar-refractivity contribution is -0.125. The molecule has 4 aromatic rings. The summed E-state index contributed by atoms with van der Waals surface area (Å²) in [5.41, 5.74) is 16.2. The third-order valence-corrected chi connectivity index (χ3v) is 12.2. The lowest BCUT2D eigenvalue weighted by atomic mass is 9.69. The topological polar surface area (TPSA) is 153 Å². The third kappa shape index (κ3) is 15.2. The van der Waals surface area contributed by atoms with Crippen molar-refractivity contribution in [2.45, 2.75) is 105 Å². The van der Waals surface area contributed by atoms with Crippen LogP contribution in [0.25, 0.3) is 33.3 Å². The van der Waals surface area contributed by atoms with Crippen molar-refractivity contribution < 1.29 is 23.5 Å². The molecule has 0 spiro atoms. The van der Waals surface area contributed by atoms with Gasteiger partial charge in [-0.15, -0.1) is 0 Å². The Morgan fingerprint density at radius 3 is 2.31 bits per heavy atom. The zero-order valence-corrected chi connectivity index (χ0v) is 42.4. The van der Waals surface area contributed by atoms with Crippen LogP contribution in [0, 0.1) is 11.3 Å². The van der Waals surface area contributed by atoms with E-state index in [1.807, 2.05) is 50.5 Å². The maximum Gasteiger partial charge on any atom is 0.244 e. The number of ether oxygens (including phenoxy) is 2. The molecule has 5 rings (SSSR count). The molecule has 3 unspecified atom stereocenters. The van der Waals surface area contributed by atoms with Gasteiger partial charge < -0.3 is 34.9 Å². The van der Waals surface area contributed by atoms with Crippen LogP contribution in [-0.4, -0.2) is 97.6 Å². The zero-order chi connectivity index (χ0) is 50.6. The number of hydrazine groups is 1. The number of nitrogens with one attached hydrogen (secondary N) is 2. The van der Waals surface area contributed by atoms with Gasteiger partial charge in [0, 0.05) is 67.4 Å². The van der Waals surface area contributed by atoms with Crippen LogP contribution in [0.2, 0.25) is 0 Å². The molecule has 12 nitrogen and oxygen atoms in total. The smallest absolute Gasteiger partial charge is 0.244 e. The number of rotatable bonds is 26. The van der Waals surface area contributed by atoms with Crippen LogP contribution in [0.4, 0.5) is 4.39 Å². The van der Waals surface area contributed by atoms with E-state index in [1.54, 1.807) is 18.2 Å². The Hall–Kier alpha value is -5.54. The molecule has 2 aromatic heterocycles. The van der Waals surface area contributed by atoms with Gasteiger partial charge in [0.25, 0.3) is 0 Å². The van der Waals surface area contributed by atoms with Crippen LogP contribution < -0.4 is 22.3 Å². The Labute approximate surface area is 407 Å². The van der Waals surface area contributed by atoms with Crippen LogP contribution in [0.15, 0.2) is 105 Å². The molecule has 0 aliphatic carbocycles. The maximum atomic E-state index is 14.7. The number of unbranched alkanes of at least 4 members (excludes halogenated alkanes) is 1. The van der Waals surface area contributed by atoms with Crippen molar-refractivity contribution in [3.8, 4) is 22.4 Å². The number of nitrogens with two attached hydrogens (primary N) is 2. The summed E-state index contributed by atoms with van der Waals surface area (Å²) in [6, 6.07) is 15.9. The van der Waals surface area contributed by atoms with Gasteiger partial charge in [-0.05, 0) is 136 Å². The van der Waals surface area contributed by atoms with Gasteiger partial charge in [-0.2, -0.15) is 0 Å². The van der Waals surface area contributed by atoms with E-state index < -0.39 is 12.7 Å². The summed E-state index contributed by atoms with van der Waals surface area (Å²) in [4.78, 5) is 33.0. The van der Waals surface area contributed by atoms with Crippen molar-refractivity contribution in [3.63, 3.8) is 0 Å². The average molecular weight is 934 g/mol. The molecule has 3 atom stereocenters. The number of Topliss-reactive ketones (excluding diaryl/α,β-unsaturated/α-hetero) is 1. The Bertz CT molecular complexity index is 2290. The van der Waals surface area contributed by atoms with Gasteiger partial charge in [0.15, 0.2) is 13.1 Å². The highest BCUT2D eigenvalue weighted by atomic mass is 19.1. The minimum Gasteiger partial charge on any atom is -0.501 e. The van der Waals surface area contributed by atoms with Crippen molar-refractivity contribution in [1.29, 1.82) is 0 Å².